The number of carbonyl (C=O) groups is 1. The minimum Gasteiger partial charge on any atom is -0.497 e. The van der Waals surface area contributed by atoms with Gasteiger partial charge in [-0.3, -0.25) is 9.48 Å². The lowest BCUT2D eigenvalue weighted by Crippen LogP contribution is -2.24. The van der Waals surface area contributed by atoms with Gasteiger partial charge >= 0.3 is 0 Å². The largest absolute Gasteiger partial charge is 0.497 e. The first-order chi connectivity index (χ1) is 10.2. The van der Waals surface area contributed by atoms with E-state index in [0.29, 0.717) is 23.6 Å². The van der Waals surface area contributed by atoms with Gasteiger partial charge in [-0.05, 0) is 25.1 Å². The Morgan fingerprint density at radius 3 is 2.76 bits per heavy atom. The highest BCUT2D eigenvalue weighted by Crippen LogP contribution is 2.24. The molecule has 0 spiro atoms. The molecule has 1 aromatic heterocycles. The van der Waals surface area contributed by atoms with Crippen molar-refractivity contribution in [2.45, 2.75) is 20.0 Å². The molecular weight excluding hydrogens is 270 g/mol. The summed E-state index contributed by atoms with van der Waals surface area (Å²) in [7, 11) is 3.10. The smallest absolute Gasteiger partial charge is 0.255 e. The van der Waals surface area contributed by atoms with E-state index in [1.165, 1.54) is 7.11 Å². The Balaban J connectivity index is 2.10. The van der Waals surface area contributed by atoms with Crippen molar-refractivity contribution in [1.82, 2.24) is 15.1 Å². The number of rotatable bonds is 6. The zero-order valence-corrected chi connectivity index (χ0v) is 12.4. The molecule has 0 radical (unpaired) electrons. The number of nitrogens with one attached hydrogen (secondary N) is 1. The SMILES string of the molecule is CCn1nccc1CNC(=O)c1ccc(OC)cc1OC. The zero-order valence-electron chi connectivity index (χ0n) is 12.4. The average Bonchev–Trinajstić information content (AvgIpc) is 2.99. The molecule has 0 aliphatic rings. The van der Waals surface area contributed by atoms with Crippen LogP contribution in [0.2, 0.25) is 0 Å². The first-order valence-corrected chi connectivity index (χ1v) is 6.70. The number of ether oxygens (including phenoxy) is 2. The van der Waals surface area contributed by atoms with Gasteiger partial charge in [-0.25, -0.2) is 0 Å². The van der Waals surface area contributed by atoms with Crippen LogP contribution in [0.15, 0.2) is 30.5 Å². The summed E-state index contributed by atoms with van der Waals surface area (Å²) in [6.45, 7) is 3.19. The second kappa shape index (κ2) is 6.78. The van der Waals surface area contributed by atoms with Gasteiger partial charge in [0, 0.05) is 18.8 Å². The molecule has 1 aromatic carbocycles. The van der Waals surface area contributed by atoms with E-state index in [2.05, 4.69) is 10.4 Å². The van der Waals surface area contributed by atoms with Crippen molar-refractivity contribution in [2.24, 2.45) is 0 Å². The minimum atomic E-state index is -0.196. The molecule has 1 amide bonds. The van der Waals surface area contributed by atoms with Crippen molar-refractivity contribution >= 4 is 5.91 Å². The summed E-state index contributed by atoms with van der Waals surface area (Å²) in [6.07, 6.45) is 1.72. The average molecular weight is 289 g/mol. The van der Waals surface area contributed by atoms with Crippen molar-refractivity contribution in [2.75, 3.05) is 14.2 Å². The van der Waals surface area contributed by atoms with Crippen LogP contribution in [-0.4, -0.2) is 29.9 Å². The molecule has 0 fully saturated rings. The molecule has 1 heterocycles. The summed E-state index contributed by atoms with van der Waals surface area (Å²) < 4.78 is 12.2. The minimum absolute atomic E-state index is 0.196. The molecule has 1 N–H and O–H groups in total. The van der Waals surface area contributed by atoms with Gasteiger partial charge in [0.1, 0.15) is 11.5 Å². The number of hydrogen-bond acceptors (Lipinski definition) is 4. The van der Waals surface area contributed by atoms with Crippen molar-refractivity contribution in [3.8, 4) is 11.5 Å². The van der Waals surface area contributed by atoms with Gasteiger partial charge in [-0.2, -0.15) is 5.10 Å². The topological polar surface area (TPSA) is 65.4 Å². The van der Waals surface area contributed by atoms with E-state index < -0.39 is 0 Å². The molecule has 21 heavy (non-hydrogen) atoms. The fourth-order valence-electron chi connectivity index (χ4n) is 2.05. The highest BCUT2D eigenvalue weighted by molar-refractivity contribution is 5.97. The summed E-state index contributed by atoms with van der Waals surface area (Å²) in [5, 5.41) is 7.03. The predicted molar refractivity (Wildman–Crippen MR) is 78.6 cm³/mol. The van der Waals surface area contributed by atoms with E-state index >= 15 is 0 Å². The molecule has 0 saturated heterocycles. The number of methoxy groups -OCH3 is 2. The van der Waals surface area contributed by atoms with Gasteiger partial charge in [0.15, 0.2) is 0 Å². The Labute approximate surface area is 123 Å². The van der Waals surface area contributed by atoms with E-state index in [4.69, 9.17) is 9.47 Å². The lowest BCUT2D eigenvalue weighted by molar-refractivity contribution is 0.0947. The number of aromatic nitrogens is 2. The number of aryl methyl sites for hydroxylation is 1. The summed E-state index contributed by atoms with van der Waals surface area (Å²) >= 11 is 0. The Kier molecular flexibility index (Phi) is 4.81. The van der Waals surface area contributed by atoms with Gasteiger partial charge in [0.05, 0.1) is 32.0 Å². The maximum Gasteiger partial charge on any atom is 0.255 e. The molecule has 0 atom stereocenters. The van der Waals surface area contributed by atoms with Crippen LogP contribution in [0.1, 0.15) is 23.0 Å². The Bertz CT molecular complexity index is 622. The molecule has 0 aliphatic heterocycles. The fourth-order valence-corrected chi connectivity index (χ4v) is 2.05. The van der Waals surface area contributed by atoms with Crippen LogP contribution in [0.3, 0.4) is 0 Å². The lowest BCUT2D eigenvalue weighted by atomic mass is 10.1. The summed E-state index contributed by atoms with van der Waals surface area (Å²) in [4.78, 5) is 12.3. The molecular formula is C15H19N3O3. The summed E-state index contributed by atoms with van der Waals surface area (Å²) in [6, 6.07) is 6.98. The monoisotopic (exact) mass is 289 g/mol. The Morgan fingerprint density at radius 1 is 1.29 bits per heavy atom. The number of hydrogen-bond donors (Lipinski definition) is 1. The maximum absolute atomic E-state index is 12.3. The molecule has 2 rings (SSSR count). The number of carbonyl (C=O) groups excluding carboxylic acids is 1. The van der Waals surface area contributed by atoms with Crippen LogP contribution in [0.5, 0.6) is 11.5 Å². The van der Waals surface area contributed by atoms with Crippen LogP contribution in [0.25, 0.3) is 0 Å². The van der Waals surface area contributed by atoms with Crippen LogP contribution >= 0.6 is 0 Å². The van der Waals surface area contributed by atoms with Crippen LogP contribution in [-0.2, 0) is 13.1 Å². The summed E-state index contributed by atoms with van der Waals surface area (Å²) in [5.41, 5.74) is 1.43. The molecule has 2 aromatic rings. The molecule has 0 unspecified atom stereocenters. The van der Waals surface area contributed by atoms with Gasteiger partial charge in [-0.1, -0.05) is 0 Å². The summed E-state index contributed by atoms with van der Waals surface area (Å²) in [5.74, 6) is 0.932. The predicted octanol–water partition coefficient (Wildman–Crippen LogP) is 1.85. The molecule has 6 heteroatoms. The quantitative estimate of drug-likeness (QED) is 0.881. The Morgan fingerprint density at radius 2 is 2.10 bits per heavy atom. The second-order valence-electron chi connectivity index (χ2n) is 4.39. The van der Waals surface area contributed by atoms with Gasteiger partial charge in [-0.15, -0.1) is 0 Å². The fraction of sp³-hybridized carbons (Fsp3) is 0.333. The number of amides is 1. The van der Waals surface area contributed by atoms with Crippen LogP contribution in [0, 0.1) is 0 Å². The van der Waals surface area contributed by atoms with Crippen molar-refractivity contribution in [3.05, 3.63) is 41.7 Å². The van der Waals surface area contributed by atoms with Crippen molar-refractivity contribution in [1.29, 1.82) is 0 Å². The standard InChI is InChI=1S/C15H19N3O3/c1-4-18-11(7-8-17-18)10-16-15(19)13-6-5-12(20-2)9-14(13)21-3/h5-9H,4,10H2,1-3H3,(H,16,19). The van der Waals surface area contributed by atoms with E-state index in [-0.39, 0.29) is 5.91 Å². The van der Waals surface area contributed by atoms with Crippen LogP contribution in [0.4, 0.5) is 0 Å². The second-order valence-corrected chi connectivity index (χ2v) is 4.39. The van der Waals surface area contributed by atoms with E-state index in [0.717, 1.165) is 12.2 Å². The number of nitrogens with zero attached hydrogens (tertiary/aromatic N) is 2. The van der Waals surface area contributed by atoms with Crippen molar-refractivity contribution < 1.29 is 14.3 Å². The van der Waals surface area contributed by atoms with Crippen molar-refractivity contribution in [3.63, 3.8) is 0 Å². The lowest BCUT2D eigenvalue weighted by Gasteiger charge is -2.11. The van der Waals surface area contributed by atoms with E-state index in [9.17, 15) is 4.79 Å². The molecule has 0 bridgehead atoms. The molecule has 0 aliphatic carbocycles. The van der Waals surface area contributed by atoms with Crippen LogP contribution < -0.4 is 14.8 Å². The maximum atomic E-state index is 12.3. The van der Waals surface area contributed by atoms with E-state index in [1.807, 2.05) is 17.7 Å². The highest BCUT2D eigenvalue weighted by atomic mass is 16.5. The first kappa shape index (κ1) is 14.9. The molecule has 6 nitrogen and oxygen atoms in total. The van der Waals surface area contributed by atoms with E-state index in [1.54, 1.807) is 31.5 Å². The third kappa shape index (κ3) is 3.34. The molecule has 112 valence electrons. The van der Waals surface area contributed by atoms with Gasteiger partial charge < -0.3 is 14.8 Å². The third-order valence-corrected chi connectivity index (χ3v) is 3.19. The Hall–Kier alpha value is -2.50. The zero-order chi connectivity index (χ0) is 15.2. The highest BCUT2D eigenvalue weighted by Gasteiger charge is 2.13. The third-order valence-electron chi connectivity index (χ3n) is 3.19. The number of benzene rings is 1. The molecule has 0 saturated carbocycles. The van der Waals surface area contributed by atoms with Gasteiger partial charge in [0.25, 0.3) is 5.91 Å². The van der Waals surface area contributed by atoms with Gasteiger partial charge in [0.2, 0.25) is 0 Å². The normalized spacial score (nSPS) is 10.2. The first-order valence-electron chi connectivity index (χ1n) is 6.70.